The van der Waals surface area contributed by atoms with Crippen LogP contribution in [0.1, 0.15) is 38.8 Å². The molecule has 1 aliphatic rings. The zero-order valence-electron chi connectivity index (χ0n) is 14.3. The third-order valence-corrected chi connectivity index (χ3v) is 5.36. The first-order valence-corrected chi connectivity index (χ1v) is 9.34. The van der Waals surface area contributed by atoms with Crippen molar-refractivity contribution in [3.63, 3.8) is 0 Å². The van der Waals surface area contributed by atoms with Crippen molar-refractivity contribution in [1.82, 2.24) is 24.6 Å². The summed E-state index contributed by atoms with van der Waals surface area (Å²) in [6.45, 7) is 6.98. The number of likely N-dealkylation sites (tertiary alicyclic amines) is 1. The van der Waals surface area contributed by atoms with Gasteiger partial charge in [0.25, 0.3) is 0 Å². The van der Waals surface area contributed by atoms with Gasteiger partial charge in [-0.2, -0.15) is 5.10 Å². The summed E-state index contributed by atoms with van der Waals surface area (Å²) in [6.07, 6.45) is 7.01. The van der Waals surface area contributed by atoms with Gasteiger partial charge in [-0.15, -0.1) is 11.3 Å². The number of carbonyl (C=O) groups excluding carboxylic acids is 1. The number of hydrogen-bond acceptors (Lipinski definition) is 6. The van der Waals surface area contributed by atoms with Crippen LogP contribution in [0.25, 0.3) is 0 Å². The van der Waals surface area contributed by atoms with Crippen molar-refractivity contribution in [3.8, 4) is 0 Å². The summed E-state index contributed by atoms with van der Waals surface area (Å²) in [5.74, 6) is 0.0421. The molecule has 0 bridgehead atoms. The van der Waals surface area contributed by atoms with Crippen LogP contribution in [0.5, 0.6) is 0 Å². The molecule has 0 unspecified atom stereocenters. The van der Waals surface area contributed by atoms with Crippen LogP contribution < -0.4 is 4.90 Å². The Labute approximate surface area is 146 Å². The van der Waals surface area contributed by atoms with E-state index in [1.807, 2.05) is 11.6 Å². The van der Waals surface area contributed by atoms with Crippen LogP contribution in [0.4, 0.5) is 5.13 Å². The largest absolute Gasteiger partial charge is 0.293 e. The first-order chi connectivity index (χ1) is 11.7. The van der Waals surface area contributed by atoms with Crippen molar-refractivity contribution in [2.45, 2.75) is 52.2 Å². The topological polar surface area (TPSA) is 67.2 Å². The second-order valence-electron chi connectivity index (χ2n) is 6.12. The number of nitrogens with zero attached hydrogens (tertiary/aromatic N) is 6. The molecule has 1 fully saturated rings. The molecule has 0 spiro atoms. The maximum absolute atomic E-state index is 11.7. The minimum absolute atomic E-state index is 0.0421. The zero-order valence-corrected chi connectivity index (χ0v) is 15.1. The summed E-state index contributed by atoms with van der Waals surface area (Å²) in [5, 5.41) is 7.10. The van der Waals surface area contributed by atoms with E-state index in [1.54, 1.807) is 35.8 Å². The molecule has 2 aromatic rings. The number of hydrogen-bond donors (Lipinski definition) is 0. The van der Waals surface area contributed by atoms with Gasteiger partial charge < -0.3 is 0 Å². The molecule has 8 heteroatoms. The molecule has 0 N–H and O–H groups in total. The third kappa shape index (κ3) is 3.99. The molecule has 0 aromatic carbocycles. The van der Waals surface area contributed by atoms with Crippen molar-refractivity contribution in [1.29, 1.82) is 0 Å². The van der Waals surface area contributed by atoms with Crippen molar-refractivity contribution in [2.24, 2.45) is 0 Å². The molecule has 7 nitrogen and oxygen atoms in total. The predicted octanol–water partition coefficient (Wildman–Crippen LogP) is 2.16. The number of aromatic nitrogens is 4. The van der Waals surface area contributed by atoms with Gasteiger partial charge in [0.1, 0.15) is 12.7 Å². The van der Waals surface area contributed by atoms with E-state index < -0.39 is 0 Å². The highest BCUT2D eigenvalue weighted by molar-refractivity contribution is 7.14. The van der Waals surface area contributed by atoms with E-state index >= 15 is 0 Å². The van der Waals surface area contributed by atoms with Gasteiger partial charge >= 0.3 is 0 Å². The fourth-order valence-corrected chi connectivity index (χ4v) is 4.13. The molecule has 2 aromatic heterocycles. The highest BCUT2D eigenvalue weighted by Gasteiger charge is 2.24. The first-order valence-electron chi connectivity index (χ1n) is 8.46. The number of rotatable bonds is 6. The maximum Gasteiger partial charge on any atom is 0.225 e. The van der Waals surface area contributed by atoms with Crippen LogP contribution in [0.3, 0.4) is 0 Å². The quantitative estimate of drug-likeness (QED) is 0.800. The SMILES string of the molecule is CCN(C(C)=O)c1nc(CN2CCCC[C@@H]2Cn2cncn2)cs1. The molecule has 0 radical (unpaired) electrons. The summed E-state index contributed by atoms with van der Waals surface area (Å²) in [7, 11) is 0. The minimum atomic E-state index is 0.0421. The van der Waals surface area contributed by atoms with E-state index in [4.69, 9.17) is 0 Å². The molecular weight excluding hydrogens is 324 g/mol. The summed E-state index contributed by atoms with van der Waals surface area (Å²) in [6, 6.07) is 0.459. The third-order valence-electron chi connectivity index (χ3n) is 4.45. The fraction of sp³-hybridized carbons (Fsp3) is 0.625. The molecular formula is C16H24N6OS. The Balaban J connectivity index is 1.67. The van der Waals surface area contributed by atoms with Gasteiger partial charge in [0.15, 0.2) is 5.13 Å². The normalized spacial score (nSPS) is 18.7. The van der Waals surface area contributed by atoms with Gasteiger partial charge in [-0.1, -0.05) is 6.42 Å². The average Bonchev–Trinajstić information content (AvgIpc) is 3.22. The molecule has 130 valence electrons. The molecule has 1 atom stereocenters. The van der Waals surface area contributed by atoms with E-state index in [-0.39, 0.29) is 5.91 Å². The minimum Gasteiger partial charge on any atom is -0.293 e. The lowest BCUT2D eigenvalue weighted by atomic mass is 10.0. The van der Waals surface area contributed by atoms with Gasteiger partial charge in [-0.3, -0.25) is 19.3 Å². The van der Waals surface area contributed by atoms with E-state index in [0.717, 1.165) is 30.5 Å². The Morgan fingerprint density at radius 3 is 3.04 bits per heavy atom. The summed E-state index contributed by atoms with van der Waals surface area (Å²) < 4.78 is 1.91. The van der Waals surface area contributed by atoms with Crippen LogP contribution in [-0.2, 0) is 17.9 Å². The van der Waals surface area contributed by atoms with E-state index in [2.05, 4.69) is 25.3 Å². The molecule has 3 rings (SSSR count). The van der Waals surface area contributed by atoms with Gasteiger partial charge in [-0.25, -0.2) is 9.97 Å². The van der Waals surface area contributed by atoms with Gasteiger partial charge in [0, 0.05) is 31.4 Å². The predicted molar refractivity (Wildman–Crippen MR) is 93.9 cm³/mol. The summed E-state index contributed by atoms with van der Waals surface area (Å²) in [5.41, 5.74) is 1.04. The number of thiazole rings is 1. The average molecular weight is 348 g/mol. The van der Waals surface area contributed by atoms with Crippen molar-refractivity contribution in [3.05, 3.63) is 23.7 Å². The summed E-state index contributed by atoms with van der Waals surface area (Å²) >= 11 is 1.55. The maximum atomic E-state index is 11.7. The van der Waals surface area contributed by atoms with Crippen molar-refractivity contribution < 1.29 is 4.79 Å². The number of amides is 1. The molecule has 1 saturated heterocycles. The number of anilines is 1. The monoisotopic (exact) mass is 348 g/mol. The molecule has 0 saturated carbocycles. The molecule has 24 heavy (non-hydrogen) atoms. The Morgan fingerprint density at radius 1 is 1.46 bits per heavy atom. The first kappa shape index (κ1) is 17.0. The van der Waals surface area contributed by atoms with Crippen LogP contribution in [0.2, 0.25) is 0 Å². The van der Waals surface area contributed by atoms with Crippen LogP contribution in [0, 0.1) is 0 Å². The zero-order chi connectivity index (χ0) is 16.9. The van der Waals surface area contributed by atoms with E-state index in [0.29, 0.717) is 12.6 Å². The Morgan fingerprint density at radius 2 is 2.33 bits per heavy atom. The Bertz CT molecular complexity index is 655. The molecule has 1 amide bonds. The highest BCUT2D eigenvalue weighted by Crippen LogP contribution is 2.25. The van der Waals surface area contributed by atoms with Crippen LogP contribution in [-0.4, -0.2) is 49.7 Å². The number of piperidine rings is 1. The second kappa shape index (κ2) is 7.85. The lowest BCUT2D eigenvalue weighted by Crippen LogP contribution is -2.41. The Hall–Kier alpha value is -1.80. The van der Waals surface area contributed by atoms with E-state index in [1.165, 1.54) is 19.3 Å². The smallest absolute Gasteiger partial charge is 0.225 e. The number of carbonyl (C=O) groups is 1. The van der Waals surface area contributed by atoms with Crippen LogP contribution >= 0.6 is 11.3 Å². The molecule has 0 aliphatic carbocycles. The van der Waals surface area contributed by atoms with Gasteiger partial charge in [-0.05, 0) is 26.3 Å². The fourth-order valence-electron chi connectivity index (χ4n) is 3.21. The summed E-state index contributed by atoms with van der Waals surface area (Å²) in [4.78, 5) is 24.6. The molecule has 3 heterocycles. The van der Waals surface area contributed by atoms with Crippen LogP contribution in [0.15, 0.2) is 18.0 Å². The van der Waals surface area contributed by atoms with Crippen molar-refractivity contribution in [2.75, 3.05) is 18.0 Å². The lowest BCUT2D eigenvalue weighted by Gasteiger charge is -2.35. The lowest BCUT2D eigenvalue weighted by molar-refractivity contribution is -0.116. The Kier molecular flexibility index (Phi) is 5.57. The second-order valence-corrected chi connectivity index (χ2v) is 6.96. The highest BCUT2D eigenvalue weighted by atomic mass is 32.1. The standard InChI is InChI=1S/C16H24N6OS/c1-3-22(13(2)23)16-19-14(10-24-16)8-20-7-5-4-6-15(20)9-21-12-17-11-18-21/h10-12,15H,3-9H2,1-2H3/t15-/m1/s1. The van der Waals surface area contributed by atoms with E-state index in [9.17, 15) is 4.79 Å². The molecule has 1 aliphatic heterocycles. The van der Waals surface area contributed by atoms with Crippen molar-refractivity contribution >= 4 is 22.4 Å². The van der Waals surface area contributed by atoms with Gasteiger partial charge in [0.05, 0.1) is 12.2 Å². The van der Waals surface area contributed by atoms with Gasteiger partial charge in [0.2, 0.25) is 5.91 Å².